The monoisotopic (exact) mass is 1520 g/mol. The molecule has 0 bridgehead atoms. The van der Waals surface area contributed by atoms with Gasteiger partial charge in [0.05, 0.1) is 26.4 Å². The molecule has 106 heavy (non-hydrogen) atoms. The van der Waals surface area contributed by atoms with Crippen molar-refractivity contribution in [3.05, 3.63) is 158 Å². The van der Waals surface area contributed by atoms with Gasteiger partial charge in [-0.1, -0.05) is 314 Å². The smallest absolute Gasteiger partial charge is 0.462 e. The lowest BCUT2D eigenvalue weighted by atomic mass is 10.0. The fourth-order valence-electron chi connectivity index (χ4n) is 10.4. The minimum absolute atomic E-state index is 0.0149. The fraction of sp³-hybridized carbons (Fsp3) is 0.655. The number of aliphatic hydroxyl groups excluding tert-OH is 1. The van der Waals surface area contributed by atoms with Gasteiger partial charge in [-0.15, -0.1) is 0 Å². The van der Waals surface area contributed by atoms with Crippen LogP contribution in [0.4, 0.5) is 0 Å². The number of aliphatic hydroxyl groups is 1. The maximum absolute atomic E-state index is 13.1. The summed E-state index contributed by atoms with van der Waals surface area (Å²) in [5, 5.41) is 10.6. The molecule has 0 heterocycles. The van der Waals surface area contributed by atoms with E-state index in [-0.39, 0.29) is 25.7 Å². The van der Waals surface area contributed by atoms with E-state index in [9.17, 15) is 43.2 Å². The minimum Gasteiger partial charge on any atom is -0.462 e. The Morgan fingerprint density at radius 1 is 0.274 bits per heavy atom. The van der Waals surface area contributed by atoms with Crippen molar-refractivity contribution in [2.75, 3.05) is 39.6 Å². The van der Waals surface area contributed by atoms with Crippen LogP contribution >= 0.6 is 15.6 Å². The van der Waals surface area contributed by atoms with Gasteiger partial charge in [0.2, 0.25) is 0 Å². The van der Waals surface area contributed by atoms with Gasteiger partial charge < -0.3 is 33.8 Å². The number of allylic oxidation sites excluding steroid dienone is 26. The van der Waals surface area contributed by atoms with E-state index in [2.05, 4.69) is 149 Å². The third-order valence-electron chi connectivity index (χ3n) is 16.5. The van der Waals surface area contributed by atoms with Crippen LogP contribution < -0.4 is 0 Å². The van der Waals surface area contributed by atoms with E-state index in [4.69, 9.17) is 37.0 Å². The van der Waals surface area contributed by atoms with Crippen LogP contribution in [0.25, 0.3) is 0 Å². The molecule has 0 aliphatic carbocycles. The van der Waals surface area contributed by atoms with Crippen LogP contribution in [-0.4, -0.2) is 96.7 Å². The van der Waals surface area contributed by atoms with Crippen LogP contribution in [0, 0.1) is 0 Å². The molecule has 0 rings (SSSR count). The summed E-state index contributed by atoms with van der Waals surface area (Å²) in [6, 6.07) is 0. The van der Waals surface area contributed by atoms with Crippen LogP contribution in [-0.2, 0) is 65.4 Å². The molecule has 17 nitrogen and oxygen atoms in total. The normalized spacial score (nSPS) is 14.7. The van der Waals surface area contributed by atoms with Crippen molar-refractivity contribution in [2.24, 2.45) is 0 Å². The molecule has 0 aromatic heterocycles. The number of phosphoric acid groups is 2. The molecule has 19 heteroatoms. The Hall–Kier alpha value is -5.32. The predicted octanol–water partition coefficient (Wildman–Crippen LogP) is 24.0. The van der Waals surface area contributed by atoms with E-state index in [1.165, 1.54) is 96.3 Å². The molecule has 2 unspecified atom stereocenters. The predicted molar refractivity (Wildman–Crippen MR) is 436 cm³/mol. The summed E-state index contributed by atoms with van der Waals surface area (Å²) >= 11 is 0. The summed E-state index contributed by atoms with van der Waals surface area (Å²) in [7, 11) is -10.0. The Kier molecular flexibility index (Phi) is 73.9. The van der Waals surface area contributed by atoms with Gasteiger partial charge in [0, 0.05) is 25.7 Å². The lowest BCUT2D eigenvalue weighted by molar-refractivity contribution is -0.161. The number of phosphoric ester groups is 2. The summed E-state index contributed by atoms with van der Waals surface area (Å²) < 4.78 is 68.5. The zero-order chi connectivity index (χ0) is 77.4. The third kappa shape index (κ3) is 76.9. The molecule has 0 aliphatic rings. The van der Waals surface area contributed by atoms with Gasteiger partial charge in [-0.3, -0.25) is 37.3 Å². The largest absolute Gasteiger partial charge is 0.472 e. The first-order valence-electron chi connectivity index (χ1n) is 40.7. The Bertz CT molecular complexity index is 2630. The van der Waals surface area contributed by atoms with Crippen LogP contribution in [0.15, 0.2) is 158 Å². The van der Waals surface area contributed by atoms with Crippen molar-refractivity contribution in [1.29, 1.82) is 0 Å². The summed E-state index contributed by atoms with van der Waals surface area (Å²) in [4.78, 5) is 73.0. The molecule has 0 aliphatic heterocycles. The molecule has 0 saturated carbocycles. The molecule has 5 atom stereocenters. The van der Waals surface area contributed by atoms with Crippen molar-refractivity contribution in [2.45, 2.75) is 329 Å². The van der Waals surface area contributed by atoms with Gasteiger partial charge >= 0.3 is 39.5 Å². The topological polar surface area (TPSA) is 237 Å². The van der Waals surface area contributed by atoms with Crippen molar-refractivity contribution < 1.29 is 80.2 Å². The second-order valence-electron chi connectivity index (χ2n) is 26.6. The SMILES string of the molecule is CC/C=C\C/C=C\C/C=C\C/C=C\C/C=C\C/C=C\CCC(=O)OC[C@H](COP(=O)(O)OC[C@@H](O)COP(=O)(O)OC[C@@H](COC(=O)CCCCCCCCCCCCCCCCC)OC(=O)CCCCCCC/C=C\CCCCCC)OC(=O)CC/C=C\C/C=C\C/C=C\C/C=C\C/C=C\C/C=C\CC. The Morgan fingerprint density at radius 2 is 0.509 bits per heavy atom. The number of hydrogen-bond acceptors (Lipinski definition) is 15. The fourth-order valence-corrected chi connectivity index (χ4v) is 12.0. The van der Waals surface area contributed by atoms with Crippen LogP contribution in [0.2, 0.25) is 0 Å². The molecule has 0 aromatic rings. The number of ether oxygens (including phenoxy) is 4. The zero-order valence-electron chi connectivity index (χ0n) is 66.1. The van der Waals surface area contributed by atoms with Gasteiger partial charge in [0.25, 0.3) is 0 Å². The van der Waals surface area contributed by atoms with E-state index in [1.807, 2.05) is 36.5 Å². The minimum atomic E-state index is -5.02. The number of esters is 4. The first-order valence-corrected chi connectivity index (χ1v) is 43.7. The molecule has 0 radical (unpaired) electrons. The second-order valence-corrected chi connectivity index (χ2v) is 29.5. The molecule has 3 N–H and O–H groups in total. The lowest BCUT2D eigenvalue weighted by Crippen LogP contribution is -2.30. The van der Waals surface area contributed by atoms with E-state index in [1.54, 1.807) is 0 Å². The van der Waals surface area contributed by atoms with E-state index >= 15 is 0 Å². The summed E-state index contributed by atoms with van der Waals surface area (Å²) in [5.41, 5.74) is 0. The first-order chi connectivity index (χ1) is 51.7. The van der Waals surface area contributed by atoms with Gasteiger partial charge in [-0.2, -0.15) is 0 Å². The Labute approximate surface area is 642 Å². The maximum Gasteiger partial charge on any atom is 0.472 e. The number of carbonyl (C=O) groups is 4. The molecule has 0 fully saturated rings. The summed E-state index contributed by atoms with van der Waals surface area (Å²) in [6.07, 6.45) is 91.1. The van der Waals surface area contributed by atoms with Crippen LogP contribution in [0.3, 0.4) is 0 Å². The summed E-state index contributed by atoms with van der Waals surface area (Å²) in [5.74, 6) is -2.38. The van der Waals surface area contributed by atoms with Crippen molar-refractivity contribution in [3.63, 3.8) is 0 Å². The lowest BCUT2D eigenvalue weighted by Gasteiger charge is -2.21. The first kappa shape index (κ1) is 101. The highest BCUT2D eigenvalue weighted by molar-refractivity contribution is 7.47. The highest BCUT2D eigenvalue weighted by Gasteiger charge is 2.30. The van der Waals surface area contributed by atoms with Crippen LogP contribution in [0.1, 0.15) is 310 Å². The number of rotatable bonds is 75. The molecular formula is C87H144O17P2. The van der Waals surface area contributed by atoms with E-state index in [0.29, 0.717) is 38.5 Å². The number of unbranched alkanes of at least 4 members (excludes halogenated alkanes) is 23. The molecule has 0 amide bonds. The number of carbonyl (C=O) groups excluding carboxylic acids is 4. The van der Waals surface area contributed by atoms with Gasteiger partial charge in [0.1, 0.15) is 19.3 Å². The van der Waals surface area contributed by atoms with Gasteiger partial charge in [-0.05, 0) is 128 Å². The molecule has 0 aromatic carbocycles. The van der Waals surface area contributed by atoms with Gasteiger partial charge in [0.15, 0.2) is 12.2 Å². The second kappa shape index (κ2) is 77.8. The maximum atomic E-state index is 13.1. The highest BCUT2D eigenvalue weighted by Crippen LogP contribution is 2.45. The summed E-state index contributed by atoms with van der Waals surface area (Å²) in [6.45, 7) is 4.46. The zero-order valence-corrected chi connectivity index (χ0v) is 67.8. The molecule has 604 valence electrons. The molecule has 0 saturated heterocycles. The average molecular weight is 1520 g/mol. The standard InChI is InChI=1S/C87H144O17P2/c1-5-9-13-17-21-25-29-33-36-38-40-42-45-49-52-56-60-64-68-72-85(90)98-78-83(104-87(92)74-70-66-62-58-54-50-46-43-41-39-37-34-30-26-22-18-14-10-6-2)80-102-106(95,96)100-76-81(88)75-99-105(93,94)101-79-82(103-86(91)73-69-65-61-57-53-47-32-28-24-20-16-12-8-4)77-97-84(89)71-67-63-59-55-51-48-44-35-31-27-23-19-15-11-7-3/h9-10,13-14,21-22,25-26,28,32-34,36-37,40-43,49-50,52,54,60,62,64,66,81-83,88H,5-8,11-12,15-20,23-24,27,29-31,35,38-39,44-48,51,53,55-59,61,63,65,67-80H2,1-4H3,(H,93,94)(H,95,96)/b13-9-,14-10-,25-21-,26-22-,32-28-,36-33-,37-34-,42-40-,43-41-,52-49-,54-50-,64-60-,66-62-/t81-,82+,83+/m0/s1. The van der Waals surface area contributed by atoms with Crippen molar-refractivity contribution in [3.8, 4) is 0 Å². The molecular weight excluding hydrogens is 1380 g/mol. The van der Waals surface area contributed by atoms with E-state index < -0.39 is 97.5 Å². The van der Waals surface area contributed by atoms with Crippen molar-refractivity contribution in [1.82, 2.24) is 0 Å². The third-order valence-corrected chi connectivity index (χ3v) is 18.4. The Morgan fingerprint density at radius 3 is 0.840 bits per heavy atom. The van der Waals surface area contributed by atoms with Gasteiger partial charge in [-0.25, -0.2) is 9.13 Å². The average Bonchev–Trinajstić information content (AvgIpc) is 0.903. The van der Waals surface area contributed by atoms with Crippen LogP contribution in [0.5, 0.6) is 0 Å². The van der Waals surface area contributed by atoms with E-state index in [0.717, 1.165) is 122 Å². The number of hydrogen-bond donors (Lipinski definition) is 3. The quantitative estimate of drug-likeness (QED) is 0.0169. The Balaban J connectivity index is 5.51. The van der Waals surface area contributed by atoms with Crippen molar-refractivity contribution >= 4 is 39.5 Å². The molecule has 0 spiro atoms. The highest BCUT2D eigenvalue weighted by atomic mass is 31.2.